The average Bonchev–Trinajstić information content (AvgIpc) is 2.78. The van der Waals surface area contributed by atoms with Gasteiger partial charge in [0, 0.05) is 29.5 Å². The van der Waals surface area contributed by atoms with Crippen molar-refractivity contribution in [3.8, 4) is 0 Å². The van der Waals surface area contributed by atoms with Crippen LogP contribution in [0.2, 0.25) is 0 Å². The van der Waals surface area contributed by atoms with E-state index in [0.717, 1.165) is 10.0 Å². The number of nitrogens with zero attached hydrogens (tertiary/aromatic N) is 1. The third-order valence-electron chi connectivity index (χ3n) is 4.52. The molecule has 0 bridgehead atoms. The minimum Gasteiger partial charge on any atom is -0.448 e. The van der Waals surface area contributed by atoms with E-state index in [2.05, 4.69) is 26.8 Å². The molecule has 0 atom stereocenters. The number of ether oxygens (including phenoxy) is 1. The van der Waals surface area contributed by atoms with E-state index in [9.17, 15) is 18.0 Å². The van der Waals surface area contributed by atoms with E-state index in [0.29, 0.717) is 32.4 Å². The lowest BCUT2D eigenvalue weighted by Gasteiger charge is -2.21. The first-order chi connectivity index (χ1) is 15.3. The SMILES string of the molecule is CCCN(CCC)S(=O)(=O)c1ccc(C(=O)NNC(=O)OCCc2ccc(Br)cc2)cc1. The summed E-state index contributed by atoms with van der Waals surface area (Å²) in [6.07, 6.45) is 1.18. The molecule has 2 rings (SSSR count). The Morgan fingerprint density at radius 2 is 1.53 bits per heavy atom. The lowest BCUT2D eigenvalue weighted by molar-refractivity contribution is 0.0910. The van der Waals surface area contributed by atoms with Gasteiger partial charge in [0.05, 0.1) is 11.5 Å². The molecule has 2 aromatic rings. The van der Waals surface area contributed by atoms with E-state index in [4.69, 9.17) is 4.74 Å². The van der Waals surface area contributed by atoms with E-state index in [1.54, 1.807) is 0 Å². The number of hydrogen-bond acceptors (Lipinski definition) is 5. The number of rotatable bonds is 10. The van der Waals surface area contributed by atoms with Crippen LogP contribution in [0.25, 0.3) is 0 Å². The monoisotopic (exact) mass is 525 g/mol. The molecule has 174 valence electrons. The molecular formula is C22H28BrN3O5S. The molecule has 8 nitrogen and oxygen atoms in total. The van der Waals surface area contributed by atoms with Crippen LogP contribution in [-0.4, -0.2) is 44.4 Å². The first kappa shape index (κ1) is 25.8. The molecule has 2 aromatic carbocycles. The molecule has 0 saturated heterocycles. The largest absolute Gasteiger partial charge is 0.448 e. The first-order valence-corrected chi connectivity index (χ1v) is 12.6. The molecule has 2 N–H and O–H groups in total. The molecule has 0 saturated carbocycles. The summed E-state index contributed by atoms with van der Waals surface area (Å²) in [6, 6.07) is 13.2. The van der Waals surface area contributed by atoms with Crippen LogP contribution in [0.1, 0.15) is 42.6 Å². The van der Waals surface area contributed by atoms with E-state index < -0.39 is 22.0 Å². The fraction of sp³-hybridized carbons (Fsp3) is 0.364. The Hall–Kier alpha value is -2.43. The second-order valence-corrected chi connectivity index (χ2v) is 9.87. The van der Waals surface area contributed by atoms with Crippen molar-refractivity contribution in [1.82, 2.24) is 15.2 Å². The predicted molar refractivity (Wildman–Crippen MR) is 126 cm³/mol. The number of hydrogen-bond donors (Lipinski definition) is 2. The molecule has 0 spiro atoms. The maximum Gasteiger partial charge on any atom is 0.426 e. The van der Waals surface area contributed by atoms with Crippen molar-refractivity contribution in [2.75, 3.05) is 19.7 Å². The summed E-state index contributed by atoms with van der Waals surface area (Å²) in [6.45, 7) is 4.87. The predicted octanol–water partition coefficient (Wildman–Crippen LogP) is 3.87. The molecule has 0 aromatic heterocycles. The molecule has 0 radical (unpaired) electrons. The summed E-state index contributed by atoms with van der Waals surface area (Å²) in [5.41, 5.74) is 5.64. The second kappa shape index (κ2) is 12.6. The van der Waals surface area contributed by atoms with E-state index in [1.807, 2.05) is 38.1 Å². The molecule has 32 heavy (non-hydrogen) atoms. The van der Waals surface area contributed by atoms with Crippen LogP contribution in [0.3, 0.4) is 0 Å². The minimum absolute atomic E-state index is 0.122. The van der Waals surface area contributed by atoms with Gasteiger partial charge in [0.25, 0.3) is 5.91 Å². The number of halogens is 1. The van der Waals surface area contributed by atoms with Gasteiger partial charge in [0.2, 0.25) is 10.0 Å². The highest BCUT2D eigenvalue weighted by Gasteiger charge is 2.23. The lowest BCUT2D eigenvalue weighted by Crippen LogP contribution is -2.42. The van der Waals surface area contributed by atoms with Gasteiger partial charge < -0.3 is 4.74 Å². The zero-order valence-corrected chi connectivity index (χ0v) is 20.5. The van der Waals surface area contributed by atoms with Crippen LogP contribution in [-0.2, 0) is 21.2 Å². The number of benzene rings is 2. The van der Waals surface area contributed by atoms with Crippen LogP contribution >= 0.6 is 15.9 Å². The van der Waals surface area contributed by atoms with Gasteiger partial charge in [-0.1, -0.05) is 41.9 Å². The van der Waals surface area contributed by atoms with Gasteiger partial charge in [-0.15, -0.1) is 0 Å². The van der Waals surface area contributed by atoms with Crippen molar-refractivity contribution in [1.29, 1.82) is 0 Å². The average molecular weight is 526 g/mol. The highest BCUT2D eigenvalue weighted by Crippen LogP contribution is 2.17. The topological polar surface area (TPSA) is 105 Å². The maximum absolute atomic E-state index is 12.8. The van der Waals surface area contributed by atoms with Crippen molar-refractivity contribution < 1.29 is 22.7 Å². The fourth-order valence-corrected chi connectivity index (χ4v) is 4.80. The lowest BCUT2D eigenvalue weighted by atomic mass is 10.2. The third kappa shape index (κ3) is 7.61. The van der Waals surface area contributed by atoms with Crippen LogP contribution in [0.4, 0.5) is 4.79 Å². The molecular weight excluding hydrogens is 498 g/mol. The van der Waals surface area contributed by atoms with Crippen molar-refractivity contribution >= 4 is 38.0 Å². The van der Waals surface area contributed by atoms with Gasteiger partial charge in [0.1, 0.15) is 0 Å². The van der Waals surface area contributed by atoms with E-state index >= 15 is 0 Å². The number of sulfonamides is 1. The zero-order chi connectivity index (χ0) is 23.6. The Balaban J connectivity index is 1.85. The molecule has 0 aliphatic carbocycles. The number of nitrogens with one attached hydrogen (secondary N) is 2. The molecule has 10 heteroatoms. The molecule has 2 amide bonds. The maximum atomic E-state index is 12.8. The van der Waals surface area contributed by atoms with Gasteiger partial charge in [-0.2, -0.15) is 4.31 Å². The van der Waals surface area contributed by atoms with Crippen molar-refractivity contribution in [2.45, 2.75) is 38.0 Å². The van der Waals surface area contributed by atoms with Gasteiger partial charge in [-0.3, -0.25) is 10.2 Å². The number of amides is 2. The van der Waals surface area contributed by atoms with Crippen molar-refractivity contribution in [3.63, 3.8) is 0 Å². The molecule has 0 unspecified atom stereocenters. The van der Waals surface area contributed by atoms with E-state index in [-0.39, 0.29) is 17.1 Å². The van der Waals surface area contributed by atoms with Crippen molar-refractivity contribution in [3.05, 3.63) is 64.1 Å². The highest BCUT2D eigenvalue weighted by atomic mass is 79.9. The van der Waals surface area contributed by atoms with Gasteiger partial charge in [0.15, 0.2) is 0 Å². The van der Waals surface area contributed by atoms with E-state index in [1.165, 1.54) is 28.6 Å². The summed E-state index contributed by atoms with van der Waals surface area (Å²) in [7, 11) is -3.62. The molecule has 0 fully saturated rings. The Bertz CT molecular complexity index is 989. The zero-order valence-electron chi connectivity index (χ0n) is 18.1. The van der Waals surface area contributed by atoms with Gasteiger partial charge in [-0.05, 0) is 54.8 Å². The third-order valence-corrected chi connectivity index (χ3v) is 6.96. The summed E-state index contributed by atoms with van der Waals surface area (Å²) >= 11 is 3.35. The number of hydrazine groups is 1. The van der Waals surface area contributed by atoms with Crippen LogP contribution < -0.4 is 10.9 Å². The van der Waals surface area contributed by atoms with Crippen molar-refractivity contribution in [2.24, 2.45) is 0 Å². The molecule has 0 heterocycles. The summed E-state index contributed by atoms with van der Waals surface area (Å²) in [4.78, 5) is 24.1. The minimum atomic E-state index is -3.62. The Morgan fingerprint density at radius 3 is 2.09 bits per heavy atom. The summed E-state index contributed by atoms with van der Waals surface area (Å²) < 4.78 is 33.0. The number of carbonyl (C=O) groups excluding carboxylic acids is 2. The highest BCUT2D eigenvalue weighted by molar-refractivity contribution is 9.10. The smallest absolute Gasteiger partial charge is 0.426 e. The Morgan fingerprint density at radius 1 is 0.938 bits per heavy atom. The summed E-state index contributed by atoms with van der Waals surface area (Å²) in [5.74, 6) is -0.585. The molecule has 0 aliphatic rings. The summed E-state index contributed by atoms with van der Waals surface area (Å²) in [5, 5.41) is 0. The Kier molecular flexibility index (Phi) is 10.1. The van der Waals surface area contributed by atoms with Crippen LogP contribution in [0, 0.1) is 0 Å². The second-order valence-electron chi connectivity index (χ2n) is 7.02. The van der Waals surface area contributed by atoms with Gasteiger partial charge >= 0.3 is 6.09 Å². The Labute approximate surface area is 197 Å². The normalized spacial score (nSPS) is 11.2. The molecule has 0 aliphatic heterocycles. The number of carbonyl (C=O) groups is 2. The first-order valence-electron chi connectivity index (χ1n) is 10.4. The fourth-order valence-electron chi connectivity index (χ4n) is 2.91. The quantitative estimate of drug-likeness (QED) is 0.458. The van der Waals surface area contributed by atoms with Crippen LogP contribution in [0.15, 0.2) is 57.9 Å². The van der Waals surface area contributed by atoms with Gasteiger partial charge in [-0.25, -0.2) is 18.6 Å². The van der Waals surface area contributed by atoms with Crippen LogP contribution in [0.5, 0.6) is 0 Å². The standard InChI is InChI=1S/C22H28BrN3O5S/c1-3-14-26(15-4-2)32(29,30)20-11-7-18(8-12-20)21(27)24-25-22(28)31-16-13-17-5-9-19(23)10-6-17/h5-12H,3-4,13-16H2,1-2H3,(H,24,27)(H,25,28).